The van der Waals surface area contributed by atoms with E-state index in [-0.39, 0.29) is 22.9 Å². The van der Waals surface area contributed by atoms with Crippen molar-refractivity contribution in [1.29, 1.82) is 0 Å². The molecule has 0 bridgehead atoms. The minimum absolute atomic E-state index is 0.0248. The van der Waals surface area contributed by atoms with Crippen LogP contribution in [0.4, 0.5) is 0 Å². The number of benzene rings is 2. The van der Waals surface area contributed by atoms with Gasteiger partial charge in [-0.3, -0.25) is 9.59 Å². The molecule has 1 aliphatic carbocycles. The summed E-state index contributed by atoms with van der Waals surface area (Å²) in [4.78, 5) is 25.0. The highest BCUT2D eigenvalue weighted by atomic mass is 35.5. The smallest absolute Gasteiger partial charge is 0.330 e. The highest BCUT2D eigenvalue weighted by Gasteiger charge is 2.58. The lowest BCUT2D eigenvalue weighted by molar-refractivity contribution is -0.155. The van der Waals surface area contributed by atoms with Gasteiger partial charge >= 0.3 is 11.9 Å². The Morgan fingerprint density at radius 3 is 2.04 bits per heavy atom. The highest BCUT2D eigenvalue weighted by molar-refractivity contribution is 6.20. The molecule has 0 aliphatic heterocycles. The Morgan fingerprint density at radius 1 is 0.889 bits per heavy atom. The van der Waals surface area contributed by atoms with Crippen LogP contribution in [0, 0.1) is 0 Å². The van der Waals surface area contributed by atoms with Gasteiger partial charge in [0.2, 0.25) is 5.41 Å². The van der Waals surface area contributed by atoms with Crippen LogP contribution < -0.4 is 0 Å². The van der Waals surface area contributed by atoms with Gasteiger partial charge in [-0.2, -0.15) is 0 Å². The summed E-state index contributed by atoms with van der Waals surface area (Å²) >= 11 is 12.3. The van der Waals surface area contributed by atoms with Crippen molar-refractivity contribution in [3.05, 3.63) is 57.6 Å². The van der Waals surface area contributed by atoms with Crippen molar-refractivity contribution in [1.82, 2.24) is 0 Å². The predicted octanol–water partition coefficient (Wildman–Crippen LogP) is 4.72. The molecule has 27 heavy (non-hydrogen) atoms. The molecule has 4 nitrogen and oxygen atoms in total. The van der Waals surface area contributed by atoms with Crippen molar-refractivity contribution < 1.29 is 19.8 Å². The van der Waals surface area contributed by atoms with Crippen molar-refractivity contribution in [2.45, 2.75) is 43.9 Å². The van der Waals surface area contributed by atoms with E-state index in [0.29, 0.717) is 28.7 Å². The molecule has 3 rings (SSSR count). The number of carboxylic acid groups (broad SMARTS) is 2. The lowest BCUT2D eigenvalue weighted by Crippen LogP contribution is -2.44. The minimum atomic E-state index is -2.21. The van der Waals surface area contributed by atoms with E-state index in [0.717, 1.165) is 17.5 Å². The van der Waals surface area contributed by atoms with Crippen LogP contribution in [-0.4, -0.2) is 22.2 Å². The number of halogens is 2. The molecule has 0 atom stereocenters. The fourth-order valence-corrected chi connectivity index (χ4v) is 4.93. The monoisotopic (exact) mass is 406 g/mol. The van der Waals surface area contributed by atoms with Gasteiger partial charge in [0.25, 0.3) is 0 Å². The normalized spacial score (nSPS) is 13.9. The molecule has 0 saturated carbocycles. The van der Waals surface area contributed by atoms with Crippen LogP contribution >= 0.6 is 23.2 Å². The van der Waals surface area contributed by atoms with Crippen molar-refractivity contribution >= 4 is 35.1 Å². The zero-order valence-corrected chi connectivity index (χ0v) is 16.6. The summed E-state index contributed by atoms with van der Waals surface area (Å²) in [6.07, 6.45) is 1.39. The first kappa shape index (κ1) is 19.7. The summed E-state index contributed by atoms with van der Waals surface area (Å²) in [5.41, 5.74) is 2.65. The number of aryl methyl sites for hydroxylation is 1. The third-order valence-corrected chi connectivity index (χ3v) is 6.04. The Morgan fingerprint density at radius 2 is 1.56 bits per heavy atom. The summed E-state index contributed by atoms with van der Waals surface area (Å²) < 4.78 is 0. The van der Waals surface area contributed by atoms with Gasteiger partial charge in [0, 0.05) is 11.8 Å². The molecule has 0 aromatic heterocycles. The van der Waals surface area contributed by atoms with Crippen LogP contribution in [0.15, 0.2) is 24.3 Å². The molecule has 0 saturated heterocycles. The molecule has 0 heterocycles. The molecule has 0 unspecified atom stereocenters. The summed E-state index contributed by atoms with van der Waals surface area (Å²) in [5.74, 6) is -2.78. The second kappa shape index (κ2) is 7.17. The van der Waals surface area contributed by atoms with E-state index in [9.17, 15) is 19.8 Å². The van der Waals surface area contributed by atoms with Crippen molar-refractivity contribution in [2.24, 2.45) is 0 Å². The zero-order chi connectivity index (χ0) is 19.9. The minimum Gasteiger partial charge on any atom is -0.480 e. The largest absolute Gasteiger partial charge is 0.480 e. The molecule has 0 fully saturated rings. The second-order valence-electron chi connectivity index (χ2n) is 6.59. The van der Waals surface area contributed by atoms with E-state index in [1.165, 1.54) is 0 Å². The summed E-state index contributed by atoms with van der Waals surface area (Å²) in [6.45, 7) is 3.98. The first-order valence-electron chi connectivity index (χ1n) is 8.79. The molecular weight excluding hydrogens is 387 g/mol. The Hall–Kier alpha value is -2.04. The maximum Gasteiger partial charge on any atom is 0.330 e. The molecule has 2 aromatic carbocycles. The summed E-state index contributed by atoms with van der Waals surface area (Å²) in [5, 5.41) is 20.4. The number of fused-ring (bicyclic) bond motifs is 3. The number of rotatable bonds is 6. The number of carbonyl (C=O) groups is 2. The van der Waals surface area contributed by atoms with E-state index in [2.05, 4.69) is 0 Å². The molecule has 2 N–H and O–H groups in total. The van der Waals surface area contributed by atoms with Crippen molar-refractivity contribution in [3.8, 4) is 11.1 Å². The second-order valence-corrected chi connectivity index (χ2v) is 7.12. The lowest BCUT2D eigenvalue weighted by Gasteiger charge is -2.27. The van der Waals surface area contributed by atoms with Crippen molar-refractivity contribution in [3.63, 3.8) is 0 Å². The number of hydrogen-bond acceptors (Lipinski definition) is 2. The summed E-state index contributed by atoms with van der Waals surface area (Å²) in [7, 11) is 0. The van der Waals surface area contributed by atoms with E-state index >= 15 is 0 Å². The standard InChI is InChI=1S/C21H20Cl2O4/c1-3-11-8-15-14-7-5-6-12(9-22)17(14)21(19(24)25,20(26)27)18(15)16(10-23)13(11)4-2/h5-8H,3-4,9-10H2,1-2H3,(H,24,25)(H,26,27). The predicted molar refractivity (Wildman–Crippen MR) is 106 cm³/mol. The first-order valence-corrected chi connectivity index (χ1v) is 9.86. The van der Waals surface area contributed by atoms with Gasteiger partial charge in [-0.25, -0.2) is 0 Å². The number of aliphatic carboxylic acids is 2. The Kier molecular flexibility index (Phi) is 5.24. The SMILES string of the molecule is CCc1cc2c(c(CCl)c1CC)C(C(=O)O)(C(=O)O)c1c(CCl)cccc1-2. The van der Waals surface area contributed by atoms with Crippen LogP contribution in [0.3, 0.4) is 0 Å². The molecule has 0 radical (unpaired) electrons. The van der Waals surface area contributed by atoms with Crippen molar-refractivity contribution in [2.75, 3.05) is 0 Å². The van der Waals surface area contributed by atoms with E-state index in [4.69, 9.17) is 23.2 Å². The Balaban J connectivity index is 2.61. The average molecular weight is 407 g/mol. The van der Waals surface area contributed by atoms with Crippen LogP contribution in [0.5, 0.6) is 0 Å². The zero-order valence-electron chi connectivity index (χ0n) is 15.1. The van der Waals surface area contributed by atoms with Gasteiger partial charge in [0.15, 0.2) is 0 Å². The van der Waals surface area contributed by atoms with Gasteiger partial charge < -0.3 is 10.2 Å². The van der Waals surface area contributed by atoms with E-state index < -0.39 is 17.4 Å². The quantitative estimate of drug-likeness (QED) is 0.537. The van der Waals surface area contributed by atoms with E-state index in [1.54, 1.807) is 18.2 Å². The lowest BCUT2D eigenvalue weighted by atomic mass is 9.73. The Labute approximate surface area is 167 Å². The average Bonchev–Trinajstić information content (AvgIpc) is 2.97. The fourth-order valence-electron chi connectivity index (χ4n) is 4.41. The maximum atomic E-state index is 12.5. The fraction of sp³-hybridized carbons (Fsp3) is 0.333. The highest BCUT2D eigenvalue weighted by Crippen LogP contribution is 2.54. The topological polar surface area (TPSA) is 74.6 Å². The molecular formula is C21H20Cl2O4. The molecule has 0 amide bonds. The van der Waals surface area contributed by atoms with E-state index in [1.807, 2.05) is 19.9 Å². The number of carboxylic acids is 2. The molecule has 142 valence electrons. The van der Waals surface area contributed by atoms with Crippen LogP contribution in [0.25, 0.3) is 11.1 Å². The number of hydrogen-bond donors (Lipinski definition) is 2. The van der Waals surface area contributed by atoms with Gasteiger partial charge in [0.05, 0.1) is 0 Å². The molecule has 6 heteroatoms. The van der Waals surface area contributed by atoms with Crippen LogP contribution in [-0.2, 0) is 39.6 Å². The maximum absolute atomic E-state index is 12.5. The molecule has 2 aromatic rings. The van der Waals surface area contributed by atoms with Gasteiger partial charge in [0.1, 0.15) is 0 Å². The third-order valence-electron chi connectivity index (χ3n) is 5.49. The Bertz CT molecular complexity index is 936. The number of alkyl halides is 2. The van der Waals surface area contributed by atoms with Gasteiger partial charge in [-0.05, 0) is 57.3 Å². The van der Waals surface area contributed by atoms with Crippen LogP contribution in [0.2, 0.25) is 0 Å². The first-order chi connectivity index (χ1) is 12.9. The third kappa shape index (κ3) is 2.50. The van der Waals surface area contributed by atoms with Gasteiger partial charge in [-0.1, -0.05) is 38.1 Å². The van der Waals surface area contributed by atoms with Gasteiger partial charge in [-0.15, -0.1) is 23.2 Å². The van der Waals surface area contributed by atoms with Crippen LogP contribution in [0.1, 0.15) is 47.2 Å². The summed E-state index contributed by atoms with van der Waals surface area (Å²) in [6, 6.07) is 7.15. The molecule has 0 spiro atoms. The molecule has 1 aliphatic rings.